The highest BCUT2D eigenvalue weighted by molar-refractivity contribution is 8.27. The number of carbonyl (C=O) groups is 1. The summed E-state index contributed by atoms with van der Waals surface area (Å²) in [5.74, 6) is 0.249. The van der Waals surface area contributed by atoms with Gasteiger partial charge >= 0.3 is 0 Å². The normalized spacial score (nSPS) is 16.2. The molecule has 0 radical (unpaired) electrons. The van der Waals surface area contributed by atoms with Gasteiger partial charge in [-0.05, 0) is 54.6 Å². The summed E-state index contributed by atoms with van der Waals surface area (Å²) < 4.78 is 7.97. The molecule has 0 saturated heterocycles. The number of rotatable bonds is 6. The Morgan fingerprint density at radius 2 is 1.76 bits per heavy atom. The van der Waals surface area contributed by atoms with E-state index in [9.17, 15) is 4.79 Å². The quantitative estimate of drug-likeness (QED) is 0.289. The Labute approximate surface area is 228 Å². The fourth-order valence-corrected chi connectivity index (χ4v) is 5.53. The Balaban J connectivity index is 1.33. The molecule has 0 bridgehead atoms. The van der Waals surface area contributed by atoms with Gasteiger partial charge in [-0.2, -0.15) is 15.1 Å². The fraction of sp³-hybridized carbons (Fsp3) is 0.103. The summed E-state index contributed by atoms with van der Waals surface area (Å²) >= 11 is 7.69. The SMILES string of the molecule is Cc1c(/C=C2/C(=N)N3N=C(COc4ccccc4)SC3=NC2=O)c2ccccc2n1Cc1ccccc1Cl. The van der Waals surface area contributed by atoms with E-state index in [1.807, 2.05) is 85.8 Å². The molecule has 188 valence electrons. The number of nitrogens with one attached hydrogen (secondary N) is 1. The molecule has 0 unspecified atom stereocenters. The lowest BCUT2D eigenvalue weighted by Gasteiger charge is -2.20. The first-order chi connectivity index (χ1) is 18.5. The van der Waals surface area contributed by atoms with Crippen LogP contribution in [0, 0.1) is 12.3 Å². The monoisotopic (exact) mass is 539 g/mol. The van der Waals surface area contributed by atoms with Crippen LogP contribution in [0.1, 0.15) is 16.8 Å². The minimum absolute atomic E-state index is 0.00968. The van der Waals surface area contributed by atoms with Gasteiger partial charge in [-0.3, -0.25) is 10.2 Å². The molecule has 1 aromatic heterocycles. The van der Waals surface area contributed by atoms with E-state index in [1.165, 1.54) is 16.8 Å². The summed E-state index contributed by atoms with van der Waals surface area (Å²) in [4.78, 5) is 17.3. The Morgan fingerprint density at radius 3 is 2.58 bits per heavy atom. The molecule has 3 aromatic carbocycles. The summed E-state index contributed by atoms with van der Waals surface area (Å²) in [5, 5.41) is 17.4. The molecule has 0 fully saturated rings. The summed E-state index contributed by atoms with van der Waals surface area (Å²) in [6.45, 7) is 2.82. The minimum atomic E-state index is -0.462. The number of halogens is 1. The number of aliphatic imine (C=N–C) groups is 1. The predicted molar refractivity (Wildman–Crippen MR) is 154 cm³/mol. The maximum absolute atomic E-state index is 13.1. The second-order valence-electron chi connectivity index (χ2n) is 8.81. The third-order valence-electron chi connectivity index (χ3n) is 6.46. The van der Waals surface area contributed by atoms with Crippen molar-refractivity contribution in [2.75, 3.05) is 6.61 Å². The number of nitrogens with zero attached hydrogens (tertiary/aromatic N) is 4. The molecule has 0 saturated carbocycles. The van der Waals surface area contributed by atoms with Crippen molar-refractivity contribution in [3.05, 3.63) is 106 Å². The molecule has 4 aromatic rings. The van der Waals surface area contributed by atoms with Crippen LogP contribution >= 0.6 is 23.4 Å². The van der Waals surface area contributed by atoms with Crippen LogP contribution in [0.2, 0.25) is 5.02 Å². The minimum Gasteiger partial charge on any atom is -0.487 e. The van der Waals surface area contributed by atoms with Gasteiger partial charge in [0.15, 0.2) is 5.84 Å². The molecule has 3 heterocycles. The number of hydrogen-bond acceptors (Lipinski definition) is 5. The fourth-order valence-electron chi connectivity index (χ4n) is 4.54. The van der Waals surface area contributed by atoms with Crippen LogP contribution in [-0.4, -0.2) is 38.1 Å². The summed E-state index contributed by atoms with van der Waals surface area (Å²) in [5.41, 5.74) is 4.03. The van der Waals surface area contributed by atoms with Crippen molar-refractivity contribution in [3.8, 4) is 5.75 Å². The third-order valence-corrected chi connectivity index (χ3v) is 7.71. The summed E-state index contributed by atoms with van der Waals surface area (Å²) in [6.07, 6.45) is 1.75. The number of aromatic nitrogens is 1. The van der Waals surface area contributed by atoms with E-state index >= 15 is 0 Å². The average molecular weight is 540 g/mol. The molecule has 38 heavy (non-hydrogen) atoms. The lowest BCUT2D eigenvalue weighted by molar-refractivity contribution is -0.114. The van der Waals surface area contributed by atoms with Crippen molar-refractivity contribution < 1.29 is 9.53 Å². The van der Waals surface area contributed by atoms with Crippen molar-refractivity contribution >= 4 is 62.3 Å². The number of hydrazone groups is 1. The lowest BCUT2D eigenvalue weighted by Crippen LogP contribution is -2.35. The maximum atomic E-state index is 13.1. The van der Waals surface area contributed by atoms with E-state index in [1.54, 1.807) is 6.08 Å². The molecule has 9 heteroatoms. The summed E-state index contributed by atoms with van der Waals surface area (Å²) in [7, 11) is 0. The van der Waals surface area contributed by atoms with Crippen LogP contribution in [0.4, 0.5) is 0 Å². The number of amidine groups is 2. The van der Waals surface area contributed by atoms with E-state index in [4.69, 9.17) is 21.7 Å². The van der Waals surface area contributed by atoms with Crippen LogP contribution in [0.15, 0.2) is 94.5 Å². The second kappa shape index (κ2) is 9.96. The Morgan fingerprint density at radius 1 is 1.03 bits per heavy atom. The molecule has 0 aliphatic carbocycles. The zero-order valence-electron chi connectivity index (χ0n) is 20.4. The first-order valence-corrected chi connectivity index (χ1v) is 13.2. The van der Waals surface area contributed by atoms with Crippen LogP contribution in [0.25, 0.3) is 17.0 Å². The predicted octanol–water partition coefficient (Wildman–Crippen LogP) is 6.35. The average Bonchev–Trinajstić information content (AvgIpc) is 3.46. The number of para-hydroxylation sites is 2. The molecular weight excluding hydrogens is 518 g/mol. The Bertz CT molecular complexity index is 1690. The van der Waals surface area contributed by atoms with Gasteiger partial charge in [0, 0.05) is 33.7 Å². The van der Waals surface area contributed by atoms with Crippen molar-refractivity contribution in [1.82, 2.24) is 9.58 Å². The van der Waals surface area contributed by atoms with E-state index in [0.29, 0.717) is 21.8 Å². The van der Waals surface area contributed by atoms with E-state index in [-0.39, 0.29) is 18.0 Å². The molecular formula is C29H22ClN5O2S. The van der Waals surface area contributed by atoms with Gasteiger partial charge in [-0.25, -0.2) is 0 Å². The maximum Gasteiger partial charge on any atom is 0.283 e. The highest BCUT2D eigenvalue weighted by Gasteiger charge is 2.36. The standard InChI is InChI=1S/C29H22ClN5O2S/c1-18-22(21-12-6-8-14-25(21)34(18)16-19-9-5-7-13-24(19)30)15-23-27(31)35-29(32-28(23)36)38-26(33-35)17-37-20-10-3-2-4-11-20/h2-15,31H,16-17H2,1H3/b23-15-,31-27?. The highest BCUT2D eigenvalue weighted by atomic mass is 35.5. The number of ether oxygens (including phenoxy) is 1. The zero-order valence-corrected chi connectivity index (χ0v) is 22.0. The Kier molecular flexibility index (Phi) is 6.35. The second-order valence-corrected chi connectivity index (χ2v) is 10.3. The van der Waals surface area contributed by atoms with Gasteiger partial charge in [0.2, 0.25) is 5.17 Å². The topological polar surface area (TPSA) is 83.0 Å². The number of thioether (sulfide) groups is 1. The number of carbonyl (C=O) groups excluding carboxylic acids is 1. The molecule has 0 atom stereocenters. The van der Waals surface area contributed by atoms with Crippen LogP contribution in [0.3, 0.4) is 0 Å². The zero-order chi connectivity index (χ0) is 26.2. The van der Waals surface area contributed by atoms with Crippen molar-refractivity contribution in [2.24, 2.45) is 10.1 Å². The van der Waals surface area contributed by atoms with Crippen LogP contribution in [0.5, 0.6) is 5.75 Å². The van der Waals surface area contributed by atoms with Crippen LogP contribution < -0.4 is 4.74 Å². The lowest BCUT2D eigenvalue weighted by atomic mass is 10.1. The van der Waals surface area contributed by atoms with Gasteiger partial charge in [0.05, 0.1) is 5.57 Å². The van der Waals surface area contributed by atoms with E-state index in [2.05, 4.69) is 14.7 Å². The van der Waals surface area contributed by atoms with Gasteiger partial charge in [0.1, 0.15) is 17.4 Å². The van der Waals surface area contributed by atoms with Crippen molar-refractivity contribution in [2.45, 2.75) is 13.5 Å². The van der Waals surface area contributed by atoms with Gasteiger partial charge in [0.25, 0.3) is 5.91 Å². The molecule has 2 aliphatic heterocycles. The first kappa shape index (κ1) is 24.2. The van der Waals surface area contributed by atoms with Crippen LogP contribution in [-0.2, 0) is 11.3 Å². The Hall–Kier alpha value is -4.14. The number of amides is 1. The number of benzene rings is 3. The molecule has 0 spiro atoms. The number of hydrogen-bond donors (Lipinski definition) is 1. The van der Waals surface area contributed by atoms with Gasteiger partial charge in [-0.1, -0.05) is 66.2 Å². The van der Waals surface area contributed by atoms with E-state index < -0.39 is 5.91 Å². The molecule has 1 N–H and O–H groups in total. The molecule has 1 amide bonds. The van der Waals surface area contributed by atoms with Crippen molar-refractivity contribution in [1.29, 1.82) is 5.41 Å². The van der Waals surface area contributed by atoms with E-state index in [0.717, 1.165) is 33.5 Å². The van der Waals surface area contributed by atoms with Gasteiger partial charge in [-0.15, -0.1) is 0 Å². The summed E-state index contributed by atoms with van der Waals surface area (Å²) in [6, 6.07) is 25.2. The molecule has 7 nitrogen and oxygen atoms in total. The van der Waals surface area contributed by atoms with Crippen molar-refractivity contribution in [3.63, 3.8) is 0 Å². The molecule has 2 aliphatic rings. The smallest absolute Gasteiger partial charge is 0.283 e. The molecule has 6 rings (SSSR count). The third kappa shape index (κ3) is 4.42. The van der Waals surface area contributed by atoms with Gasteiger partial charge < -0.3 is 9.30 Å². The largest absolute Gasteiger partial charge is 0.487 e. The first-order valence-electron chi connectivity index (χ1n) is 12.0. The highest BCUT2D eigenvalue weighted by Crippen LogP contribution is 2.33. The number of fused-ring (bicyclic) bond motifs is 2.